The number of benzene rings is 2. The standard InChI is InChI=1S/C22H19BrN4O3/c1-3-30-21-16(23)10-14(11-19(21)29-2)22(28)26-15-8-9-20(24-12-15)27-13-25-17-6-4-5-7-18(17)27/h4-13H,3H2,1-2H3,(H,26,28). The second-order valence-corrected chi connectivity index (χ2v) is 7.24. The maximum atomic E-state index is 12.7. The summed E-state index contributed by atoms with van der Waals surface area (Å²) in [5.41, 5.74) is 2.88. The first-order valence-electron chi connectivity index (χ1n) is 9.31. The van der Waals surface area contributed by atoms with E-state index in [0.29, 0.717) is 39.6 Å². The summed E-state index contributed by atoms with van der Waals surface area (Å²) in [6, 6.07) is 14.8. The SMILES string of the molecule is CCOc1c(Br)cc(C(=O)Nc2ccc(-n3cnc4ccccc43)nc2)cc1OC. The summed E-state index contributed by atoms with van der Waals surface area (Å²) >= 11 is 3.44. The van der Waals surface area contributed by atoms with E-state index in [1.54, 1.807) is 30.7 Å². The minimum absolute atomic E-state index is 0.278. The van der Waals surface area contributed by atoms with Gasteiger partial charge in [0.1, 0.15) is 12.1 Å². The number of nitrogens with one attached hydrogen (secondary N) is 1. The summed E-state index contributed by atoms with van der Waals surface area (Å²) in [6.07, 6.45) is 3.35. The van der Waals surface area contributed by atoms with Gasteiger partial charge in [-0.25, -0.2) is 9.97 Å². The van der Waals surface area contributed by atoms with Crippen molar-refractivity contribution in [2.45, 2.75) is 6.92 Å². The molecule has 2 heterocycles. The zero-order chi connectivity index (χ0) is 21.1. The number of ether oxygens (including phenoxy) is 2. The van der Waals surface area contributed by atoms with Crippen molar-refractivity contribution in [2.75, 3.05) is 19.0 Å². The monoisotopic (exact) mass is 466 g/mol. The van der Waals surface area contributed by atoms with Crippen LogP contribution in [0, 0.1) is 0 Å². The zero-order valence-corrected chi connectivity index (χ0v) is 18.0. The fourth-order valence-electron chi connectivity index (χ4n) is 3.08. The molecule has 0 bridgehead atoms. The Balaban J connectivity index is 1.55. The molecule has 4 rings (SSSR count). The molecule has 8 heteroatoms. The van der Waals surface area contributed by atoms with Crippen LogP contribution in [0.4, 0.5) is 5.69 Å². The van der Waals surface area contributed by atoms with Gasteiger partial charge in [-0.05, 0) is 59.3 Å². The lowest BCUT2D eigenvalue weighted by Gasteiger charge is -2.13. The van der Waals surface area contributed by atoms with Crippen molar-refractivity contribution in [3.05, 3.63) is 71.1 Å². The Morgan fingerprint density at radius 1 is 1.17 bits per heavy atom. The first-order valence-corrected chi connectivity index (χ1v) is 10.1. The summed E-state index contributed by atoms with van der Waals surface area (Å²) < 4.78 is 13.5. The largest absolute Gasteiger partial charge is 0.493 e. The van der Waals surface area contributed by atoms with E-state index in [1.807, 2.05) is 41.8 Å². The predicted octanol–water partition coefficient (Wildman–Crippen LogP) is 4.84. The molecule has 0 saturated carbocycles. The van der Waals surface area contributed by atoms with Crippen LogP contribution in [0.3, 0.4) is 0 Å². The van der Waals surface area contributed by atoms with E-state index in [1.165, 1.54) is 7.11 Å². The Bertz CT molecular complexity index is 1200. The highest BCUT2D eigenvalue weighted by molar-refractivity contribution is 9.10. The van der Waals surface area contributed by atoms with Crippen LogP contribution in [0.15, 0.2) is 65.5 Å². The maximum Gasteiger partial charge on any atom is 0.255 e. The minimum atomic E-state index is -0.278. The first kappa shape index (κ1) is 19.9. The molecule has 152 valence electrons. The summed E-state index contributed by atoms with van der Waals surface area (Å²) in [5.74, 6) is 1.49. The van der Waals surface area contributed by atoms with Crippen molar-refractivity contribution < 1.29 is 14.3 Å². The summed E-state index contributed by atoms with van der Waals surface area (Å²) in [5, 5.41) is 2.85. The van der Waals surface area contributed by atoms with E-state index in [2.05, 4.69) is 31.2 Å². The fraction of sp³-hybridized carbons (Fsp3) is 0.136. The number of nitrogens with zero attached hydrogens (tertiary/aromatic N) is 3. The molecule has 1 N–H and O–H groups in total. The van der Waals surface area contributed by atoms with Crippen LogP contribution < -0.4 is 14.8 Å². The van der Waals surface area contributed by atoms with Crippen molar-refractivity contribution in [2.24, 2.45) is 0 Å². The summed E-state index contributed by atoms with van der Waals surface area (Å²) in [7, 11) is 1.54. The van der Waals surface area contributed by atoms with E-state index in [4.69, 9.17) is 9.47 Å². The average Bonchev–Trinajstić information content (AvgIpc) is 3.19. The second kappa shape index (κ2) is 8.54. The number of anilines is 1. The van der Waals surface area contributed by atoms with E-state index in [-0.39, 0.29) is 5.91 Å². The number of rotatable bonds is 6. The molecule has 30 heavy (non-hydrogen) atoms. The molecule has 2 aromatic heterocycles. The molecule has 0 aliphatic heterocycles. The van der Waals surface area contributed by atoms with Crippen LogP contribution in [0.1, 0.15) is 17.3 Å². The quantitative estimate of drug-likeness (QED) is 0.439. The number of halogens is 1. The number of pyridine rings is 1. The van der Waals surface area contributed by atoms with Crippen molar-refractivity contribution in [3.63, 3.8) is 0 Å². The summed E-state index contributed by atoms with van der Waals surface area (Å²) in [6.45, 7) is 2.38. The molecule has 0 aliphatic carbocycles. The number of amides is 1. The van der Waals surface area contributed by atoms with Gasteiger partial charge in [-0.15, -0.1) is 0 Å². The topological polar surface area (TPSA) is 78.3 Å². The van der Waals surface area contributed by atoms with Crippen molar-refractivity contribution in [1.29, 1.82) is 0 Å². The lowest BCUT2D eigenvalue weighted by atomic mass is 10.2. The number of imidazole rings is 1. The van der Waals surface area contributed by atoms with Gasteiger partial charge in [0, 0.05) is 5.56 Å². The number of hydrogen-bond acceptors (Lipinski definition) is 5. The molecule has 0 fully saturated rings. The normalized spacial score (nSPS) is 10.8. The molecule has 0 spiro atoms. The van der Waals surface area contributed by atoms with Crippen LogP contribution in [0.25, 0.3) is 16.9 Å². The van der Waals surface area contributed by atoms with Crippen LogP contribution in [-0.2, 0) is 0 Å². The van der Waals surface area contributed by atoms with Gasteiger partial charge in [0.05, 0.1) is 41.1 Å². The van der Waals surface area contributed by atoms with E-state index >= 15 is 0 Å². The smallest absolute Gasteiger partial charge is 0.255 e. The van der Waals surface area contributed by atoms with Crippen LogP contribution in [0.2, 0.25) is 0 Å². The Labute approximate surface area is 181 Å². The lowest BCUT2D eigenvalue weighted by molar-refractivity contribution is 0.102. The maximum absolute atomic E-state index is 12.7. The highest BCUT2D eigenvalue weighted by Gasteiger charge is 2.16. The Hall–Kier alpha value is -3.39. The van der Waals surface area contributed by atoms with Gasteiger partial charge < -0.3 is 14.8 Å². The van der Waals surface area contributed by atoms with Crippen molar-refractivity contribution >= 4 is 38.6 Å². The van der Waals surface area contributed by atoms with Crippen molar-refractivity contribution in [1.82, 2.24) is 14.5 Å². The molecule has 7 nitrogen and oxygen atoms in total. The van der Waals surface area contributed by atoms with Gasteiger partial charge in [0.2, 0.25) is 0 Å². The van der Waals surface area contributed by atoms with Gasteiger partial charge in [-0.2, -0.15) is 0 Å². The highest BCUT2D eigenvalue weighted by Crippen LogP contribution is 2.36. The second-order valence-electron chi connectivity index (χ2n) is 6.38. The van der Waals surface area contributed by atoms with Gasteiger partial charge in [0.25, 0.3) is 5.91 Å². The molecule has 4 aromatic rings. The molecule has 0 aliphatic rings. The van der Waals surface area contributed by atoms with Crippen LogP contribution in [0.5, 0.6) is 11.5 Å². The molecule has 0 radical (unpaired) electrons. The molecule has 0 saturated heterocycles. The third-order valence-corrected chi connectivity index (χ3v) is 5.08. The van der Waals surface area contributed by atoms with E-state index < -0.39 is 0 Å². The number of carbonyl (C=O) groups excluding carboxylic acids is 1. The number of methoxy groups -OCH3 is 1. The molecule has 0 unspecified atom stereocenters. The average molecular weight is 467 g/mol. The number of fused-ring (bicyclic) bond motifs is 1. The number of carbonyl (C=O) groups is 1. The predicted molar refractivity (Wildman–Crippen MR) is 119 cm³/mol. The van der Waals surface area contributed by atoms with Crippen LogP contribution in [-0.4, -0.2) is 34.2 Å². The molecule has 1 amide bonds. The highest BCUT2D eigenvalue weighted by atomic mass is 79.9. The number of aromatic nitrogens is 3. The Morgan fingerprint density at radius 3 is 2.73 bits per heavy atom. The zero-order valence-electron chi connectivity index (χ0n) is 16.4. The van der Waals surface area contributed by atoms with Gasteiger partial charge in [-0.3, -0.25) is 9.36 Å². The van der Waals surface area contributed by atoms with Gasteiger partial charge in [-0.1, -0.05) is 12.1 Å². The number of hydrogen-bond donors (Lipinski definition) is 1. The van der Waals surface area contributed by atoms with Gasteiger partial charge in [0.15, 0.2) is 11.5 Å². The minimum Gasteiger partial charge on any atom is -0.493 e. The summed E-state index contributed by atoms with van der Waals surface area (Å²) in [4.78, 5) is 21.6. The van der Waals surface area contributed by atoms with E-state index in [0.717, 1.165) is 11.0 Å². The number of para-hydroxylation sites is 2. The van der Waals surface area contributed by atoms with Crippen LogP contribution >= 0.6 is 15.9 Å². The van der Waals surface area contributed by atoms with Gasteiger partial charge >= 0.3 is 0 Å². The lowest BCUT2D eigenvalue weighted by Crippen LogP contribution is -2.13. The van der Waals surface area contributed by atoms with Crippen molar-refractivity contribution in [3.8, 4) is 17.3 Å². The Kier molecular flexibility index (Phi) is 5.67. The molecule has 2 aromatic carbocycles. The Morgan fingerprint density at radius 2 is 2.00 bits per heavy atom. The fourth-order valence-corrected chi connectivity index (χ4v) is 3.64. The molecule has 0 atom stereocenters. The van der Waals surface area contributed by atoms with E-state index in [9.17, 15) is 4.79 Å². The third-order valence-electron chi connectivity index (χ3n) is 4.49. The molecular weight excluding hydrogens is 448 g/mol. The molecular formula is C22H19BrN4O3. The first-order chi connectivity index (χ1) is 14.6. The third kappa shape index (κ3) is 3.86.